The van der Waals surface area contributed by atoms with Gasteiger partial charge in [0, 0.05) is 5.92 Å². The highest BCUT2D eigenvalue weighted by Gasteiger charge is 2.34. The molecule has 2 aromatic heterocycles. The number of hydrogen-bond donors (Lipinski definition) is 0. The molecule has 0 saturated heterocycles. The number of carbonyl (C=O) groups is 1. The molecule has 18 heavy (non-hydrogen) atoms. The second kappa shape index (κ2) is 4.33. The van der Waals surface area contributed by atoms with Gasteiger partial charge in [-0.05, 0) is 31.9 Å². The SMILES string of the molecule is CCOC(=O)c1oc(-c2ccco2)nc1C1CC1. The third-order valence-electron chi connectivity index (χ3n) is 2.81. The Morgan fingerprint density at radius 3 is 3.00 bits per heavy atom. The first-order chi connectivity index (χ1) is 8.79. The Labute approximate surface area is 104 Å². The number of hydrogen-bond acceptors (Lipinski definition) is 5. The summed E-state index contributed by atoms with van der Waals surface area (Å²) in [6.45, 7) is 2.08. The van der Waals surface area contributed by atoms with Gasteiger partial charge in [0.25, 0.3) is 5.89 Å². The molecule has 3 rings (SSSR count). The van der Waals surface area contributed by atoms with E-state index >= 15 is 0 Å². The molecule has 0 aromatic carbocycles. The van der Waals surface area contributed by atoms with E-state index in [0.29, 0.717) is 29.9 Å². The van der Waals surface area contributed by atoms with Crippen molar-refractivity contribution in [2.75, 3.05) is 6.61 Å². The van der Waals surface area contributed by atoms with Crippen LogP contribution >= 0.6 is 0 Å². The molecule has 0 aliphatic heterocycles. The zero-order valence-electron chi connectivity index (χ0n) is 10.0. The standard InChI is InChI=1S/C13H13NO4/c1-2-16-13(15)11-10(8-5-6-8)14-12(18-11)9-4-3-7-17-9/h3-4,7-8H,2,5-6H2,1H3. The van der Waals surface area contributed by atoms with E-state index in [2.05, 4.69) is 4.98 Å². The molecule has 0 unspecified atom stereocenters. The van der Waals surface area contributed by atoms with E-state index in [1.165, 1.54) is 0 Å². The Hall–Kier alpha value is -2.04. The molecule has 0 spiro atoms. The van der Waals surface area contributed by atoms with E-state index in [-0.39, 0.29) is 5.76 Å². The maximum atomic E-state index is 11.8. The van der Waals surface area contributed by atoms with Crippen LogP contribution in [0.15, 0.2) is 27.2 Å². The molecule has 0 bridgehead atoms. The van der Waals surface area contributed by atoms with Gasteiger partial charge in [0.05, 0.1) is 18.6 Å². The van der Waals surface area contributed by atoms with Crippen LogP contribution in [0.3, 0.4) is 0 Å². The fraction of sp³-hybridized carbons (Fsp3) is 0.385. The van der Waals surface area contributed by atoms with Crippen LogP contribution in [-0.4, -0.2) is 17.6 Å². The van der Waals surface area contributed by atoms with Crippen molar-refractivity contribution in [3.8, 4) is 11.7 Å². The molecular weight excluding hydrogens is 234 g/mol. The number of furan rings is 1. The van der Waals surface area contributed by atoms with Gasteiger partial charge in [-0.25, -0.2) is 9.78 Å². The summed E-state index contributed by atoms with van der Waals surface area (Å²) in [5.41, 5.74) is 0.694. The number of nitrogens with zero attached hydrogens (tertiary/aromatic N) is 1. The summed E-state index contributed by atoms with van der Waals surface area (Å²) >= 11 is 0. The molecule has 2 aromatic rings. The molecule has 1 aliphatic carbocycles. The second-order valence-electron chi connectivity index (χ2n) is 4.21. The molecule has 2 heterocycles. The minimum atomic E-state index is -0.454. The lowest BCUT2D eigenvalue weighted by atomic mass is 10.2. The first-order valence-electron chi connectivity index (χ1n) is 6.01. The van der Waals surface area contributed by atoms with Gasteiger partial charge >= 0.3 is 5.97 Å². The third kappa shape index (κ3) is 1.92. The zero-order valence-corrected chi connectivity index (χ0v) is 10.0. The molecular formula is C13H13NO4. The van der Waals surface area contributed by atoms with E-state index < -0.39 is 5.97 Å². The lowest BCUT2D eigenvalue weighted by Gasteiger charge is -1.98. The quantitative estimate of drug-likeness (QED) is 0.777. The molecule has 5 heteroatoms. The fourth-order valence-corrected chi connectivity index (χ4v) is 1.81. The number of aromatic nitrogens is 1. The van der Waals surface area contributed by atoms with Crippen LogP contribution in [0, 0.1) is 0 Å². The van der Waals surface area contributed by atoms with E-state index in [0.717, 1.165) is 12.8 Å². The van der Waals surface area contributed by atoms with Crippen molar-refractivity contribution in [1.82, 2.24) is 4.98 Å². The lowest BCUT2D eigenvalue weighted by molar-refractivity contribution is 0.0489. The topological polar surface area (TPSA) is 65.5 Å². The highest BCUT2D eigenvalue weighted by Crippen LogP contribution is 2.42. The van der Waals surface area contributed by atoms with Crippen LogP contribution in [0.4, 0.5) is 0 Å². The molecule has 5 nitrogen and oxygen atoms in total. The van der Waals surface area contributed by atoms with Crippen LogP contribution < -0.4 is 0 Å². The van der Waals surface area contributed by atoms with Crippen molar-refractivity contribution in [2.45, 2.75) is 25.7 Å². The first-order valence-corrected chi connectivity index (χ1v) is 6.01. The zero-order chi connectivity index (χ0) is 12.5. The predicted molar refractivity (Wildman–Crippen MR) is 62.1 cm³/mol. The lowest BCUT2D eigenvalue weighted by Crippen LogP contribution is -2.05. The molecule has 0 N–H and O–H groups in total. The summed E-state index contributed by atoms with van der Waals surface area (Å²) in [6, 6.07) is 3.50. The average molecular weight is 247 g/mol. The molecule has 0 amide bonds. The van der Waals surface area contributed by atoms with Gasteiger partial charge in [-0.1, -0.05) is 0 Å². The maximum absolute atomic E-state index is 11.8. The first kappa shape index (κ1) is 11.1. The van der Waals surface area contributed by atoms with E-state index in [9.17, 15) is 4.79 Å². The third-order valence-corrected chi connectivity index (χ3v) is 2.81. The molecule has 1 fully saturated rings. The van der Waals surface area contributed by atoms with Crippen LogP contribution in [0.25, 0.3) is 11.7 Å². The van der Waals surface area contributed by atoms with Gasteiger partial charge in [-0.2, -0.15) is 0 Å². The summed E-state index contributed by atoms with van der Waals surface area (Å²) in [5, 5.41) is 0. The van der Waals surface area contributed by atoms with Crippen LogP contribution in [-0.2, 0) is 4.74 Å². The van der Waals surface area contributed by atoms with Gasteiger partial charge in [-0.15, -0.1) is 0 Å². The minimum Gasteiger partial charge on any atom is -0.460 e. The van der Waals surface area contributed by atoms with Gasteiger partial charge in [0.2, 0.25) is 5.76 Å². The largest absolute Gasteiger partial charge is 0.460 e. The van der Waals surface area contributed by atoms with Crippen molar-refractivity contribution in [2.24, 2.45) is 0 Å². The van der Waals surface area contributed by atoms with Crippen molar-refractivity contribution in [3.05, 3.63) is 29.9 Å². The van der Waals surface area contributed by atoms with Crippen molar-refractivity contribution in [3.63, 3.8) is 0 Å². The molecule has 1 saturated carbocycles. The van der Waals surface area contributed by atoms with Crippen molar-refractivity contribution < 1.29 is 18.4 Å². The van der Waals surface area contributed by atoms with E-state index in [1.807, 2.05) is 0 Å². The molecule has 94 valence electrons. The van der Waals surface area contributed by atoms with Crippen molar-refractivity contribution >= 4 is 5.97 Å². The minimum absolute atomic E-state index is 0.214. The van der Waals surface area contributed by atoms with Crippen LogP contribution in [0.5, 0.6) is 0 Å². The molecule has 0 radical (unpaired) electrons. The highest BCUT2D eigenvalue weighted by atomic mass is 16.5. The number of rotatable bonds is 4. The fourth-order valence-electron chi connectivity index (χ4n) is 1.81. The Bertz CT molecular complexity index is 552. The predicted octanol–water partition coefficient (Wildman–Crippen LogP) is 2.99. The van der Waals surface area contributed by atoms with Gasteiger partial charge < -0.3 is 13.6 Å². The van der Waals surface area contributed by atoms with Gasteiger partial charge in [-0.3, -0.25) is 0 Å². The average Bonchev–Trinajstić information content (AvgIpc) is 2.92. The maximum Gasteiger partial charge on any atom is 0.376 e. The monoisotopic (exact) mass is 247 g/mol. The number of esters is 1. The molecule has 1 aliphatic rings. The smallest absolute Gasteiger partial charge is 0.376 e. The molecule has 0 atom stereocenters. The summed E-state index contributed by atoms with van der Waals surface area (Å²) in [6.07, 6.45) is 3.62. The number of ether oxygens (including phenoxy) is 1. The summed E-state index contributed by atoms with van der Waals surface area (Å²) < 4.78 is 15.7. The number of carbonyl (C=O) groups excluding carboxylic acids is 1. The summed E-state index contributed by atoms with van der Waals surface area (Å²) in [7, 11) is 0. The summed E-state index contributed by atoms with van der Waals surface area (Å²) in [5.74, 6) is 0.935. The van der Waals surface area contributed by atoms with Crippen LogP contribution in [0.2, 0.25) is 0 Å². The Kier molecular flexibility index (Phi) is 2.66. The van der Waals surface area contributed by atoms with Crippen LogP contribution in [0.1, 0.15) is 41.9 Å². The highest BCUT2D eigenvalue weighted by molar-refractivity contribution is 5.88. The second-order valence-corrected chi connectivity index (χ2v) is 4.21. The normalized spacial score (nSPS) is 14.7. The Morgan fingerprint density at radius 2 is 2.39 bits per heavy atom. The number of oxazole rings is 1. The Morgan fingerprint density at radius 1 is 1.56 bits per heavy atom. The summed E-state index contributed by atoms with van der Waals surface area (Å²) in [4.78, 5) is 16.2. The van der Waals surface area contributed by atoms with Crippen molar-refractivity contribution in [1.29, 1.82) is 0 Å². The Balaban J connectivity index is 1.98. The van der Waals surface area contributed by atoms with Gasteiger partial charge in [0.15, 0.2) is 5.76 Å². The van der Waals surface area contributed by atoms with E-state index in [1.54, 1.807) is 25.3 Å². The van der Waals surface area contributed by atoms with Gasteiger partial charge in [0.1, 0.15) is 0 Å². The van der Waals surface area contributed by atoms with E-state index in [4.69, 9.17) is 13.6 Å².